The van der Waals surface area contributed by atoms with E-state index in [1.165, 1.54) is 4.68 Å². The van der Waals surface area contributed by atoms with Crippen LogP contribution in [0.2, 0.25) is 5.02 Å². The third-order valence-electron chi connectivity index (χ3n) is 2.89. The lowest BCUT2D eigenvalue weighted by molar-refractivity contribution is -0.128. The van der Waals surface area contributed by atoms with Crippen LogP contribution in [0.1, 0.15) is 25.7 Å². The standard InChI is InChI=1S/C13H16ClN5O2/c1-8(12-16-17-18-19(12)3)15-13(20)9(2)21-11-6-4-10(14)5-7-11/h4-9H,1-3H3,(H,15,20)/t8-,9-/m0/s1. The van der Waals surface area contributed by atoms with E-state index in [-0.39, 0.29) is 11.9 Å². The number of nitrogens with zero attached hydrogens (tertiary/aromatic N) is 4. The first kappa shape index (κ1) is 15.2. The van der Waals surface area contributed by atoms with Gasteiger partial charge in [0.25, 0.3) is 5.91 Å². The fourth-order valence-corrected chi connectivity index (χ4v) is 1.90. The molecule has 0 spiro atoms. The number of hydrogen-bond donors (Lipinski definition) is 1. The summed E-state index contributed by atoms with van der Waals surface area (Å²) in [5.41, 5.74) is 0. The maximum absolute atomic E-state index is 12.1. The summed E-state index contributed by atoms with van der Waals surface area (Å²) in [4.78, 5) is 12.1. The summed E-state index contributed by atoms with van der Waals surface area (Å²) < 4.78 is 7.06. The van der Waals surface area contributed by atoms with Crippen LogP contribution in [0, 0.1) is 0 Å². The lowest BCUT2D eigenvalue weighted by Crippen LogP contribution is -2.38. The third kappa shape index (κ3) is 3.91. The van der Waals surface area contributed by atoms with Gasteiger partial charge in [-0.05, 0) is 48.5 Å². The molecule has 0 aliphatic carbocycles. The molecule has 1 aromatic carbocycles. The van der Waals surface area contributed by atoms with E-state index >= 15 is 0 Å². The van der Waals surface area contributed by atoms with Crippen LogP contribution in [0.3, 0.4) is 0 Å². The molecule has 1 N–H and O–H groups in total. The van der Waals surface area contributed by atoms with Gasteiger partial charge in [-0.3, -0.25) is 4.79 Å². The molecule has 0 unspecified atom stereocenters. The normalized spacial score (nSPS) is 13.5. The number of aromatic nitrogens is 4. The highest BCUT2D eigenvalue weighted by Gasteiger charge is 2.20. The fourth-order valence-electron chi connectivity index (χ4n) is 1.77. The number of aryl methyl sites for hydroxylation is 1. The molecule has 0 fully saturated rings. The van der Waals surface area contributed by atoms with Crippen LogP contribution in [-0.2, 0) is 11.8 Å². The number of rotatable bonds is 5. The second-order valence-electron chi connectivity index (χ2n) is 4.60. The van der Waals surface area contributed by atoms with Gasteiger partial charge < -0.3 is 10.1 Å². The third-order valence-corrected chi connectivity index (χ3v) is 3.15. The van der Waals surface area contributed by atoms with Crippen molar-refractivity contribution in [2.75, 3.05) is 0 Å². The van der Waals surface area contributed by atoms with Crippen LogP contribution < -0.4 is 10.1 Å². The van der Waals surface area contributed by atoms with Crippen molar-refractivity contribution in [3.8, 4) is 5.75 Å². The second kappa shape index (κ2) is 6.53. The lowest BCUT2D eigenvalue weighted by atomic mass is 10.2. The summed E-state index contributed by atoms with van der Waals surface area (Å²) in [6.07, 6.45) is -0.644. The number of amides is 1. The van der Waals surface area contributed by atoms with Crippen molar-refractivity contribution in [3.63, 3.8) is 0 Å². The van der Waals surface area contributed by atoms with E-state index in [0.717, 1.165) is 0 Å². The van der Waals surface area contributed by atoms with Crippen LogP contribution >= 0.6 is 11.6 Å². The minimum atomic E-state index is -0.644. The Bertz CT molecular complexity index is 613. The Morgan fingerprint density at radius 3 is 2.57 bits per heavy atom. The Balaban J connectivity index is 1.93. The summed E-state index contributed by atoms with van der Waals surface area (Å²) >= 11 is 5.80. The minimum Gasteiger partial charge on any atom is -0.481 e. The highest BCUT2D eigenvalue weighted by molar-refractivity contribution is 6.30. The van der Waals surface area contributed by atoms with Gasteiger partial charge in [-0.2, -0.15) is 0 Å². The van der Waals surface area contributed by atoms with Crippen LogP contribution in [0.4, 0.5) is 0 Å². The highest BCUT2D eigenvalue weighted by atomic mass is 35.5. The van der Waals surface area contributed by atoms with E-state index in [9.17, 15) is 4.79 Å². The van der Waals surface area contributed by atoms with Gasteiger partial charge in [0.2, 0.25) is 0 Å². The smallest absolute Gasteiger partial charge is 0.261 e. The quantitative estimate of drug-likeness (QED) is 0.905. The Morgan fingerprint density at radius 2 is 2.00 bits per heavy atom. The number of tetrazole rings is 1. The molecule has 1 amide bonds. The van der Waals surface area contributed by atoms with E-state index in [1.54, 1.807) is 45.2 Å². The van der Waals surface area contributed by atoms with Crippen molar-refractivity contribution in [1.29, 1.82) is 0 Å². The van der Waals surface area contributed by atoms with Gasteiger partial charge >= 0.3 is 0 Å². The molecule has 21 heavy (non-hydrogen) atoms. The van der Waals surface area contributed by atoms with Crippen LogP contribution in [0.5, 0.6) is 5.75 Å². The number of halogens is 1. The molecule has 1 heterocycles. The number of ether oxygens (including phenoxy) is 1. The molecular weight excluding hydrogens is 294 g/mol. The van der Waals surface area contributed by atoms with Crippen molar-refractivity contribution >= 4 is 17.5 Å². The van der Waals surface area contributed by atoms with Crippen molar-refractivity contribution in [3.05, 3.63) is 35.1 Å². The molecule has 0 radical (unpaired) electrons. The molecule has 112 valence electrons. The Hall–Kier alpha value is -2.15. The number of hydrogen-bond acceptors (Lipinski definition) is 5. The van der Waals surface area contributed by atoms with Gasteiger partial charge in [-0.25, -0.2) is 4.68 Å². The molecule has 2 rings (SSSR count). The monoisotopic (exact) mass is 309 g/mol. The minimum absolute atomic E-state index is 0.250. The summed E-state index contributed by atoms with van der Waals surface area (Å²) in [7, 11) is 1.71. The summed E-state index contributed by atoms with van der Waals surface area (Å²) in [5.74, 6) is 0.900. The Morgan fingerprint density at radius 1 is 1.33 bits per heavy atom. The maximum Gasteiger partial charge on any atom is 0.261 e. The molecule has 0 aliphatic rings. The van der Waals surface area contributed by atoms with Gasteiger partial charge in [-0.1, -0.05) is 11.6 Å². The van der Waals surface area contributed by atoms with E-state index in [4.69, 9.17) is 16.3 Å². The Labute approximate surface area is 127 Å². The van der Waals surface area contributed by atoms with Gasteiger partial charge in [0.1, 0.15) is 5.75 Å². The summed E-state index contributed by atoms with van der Waals surface area (Å²) in [5, 5.41) is 14.5. The molecule has 7 nitrogen and oxygen atoms in total. The second-order valence-corrected chi connectivity index (χ2v) is 5.04. The van der Waals surface area contributed by atoms with Crippen LogP contribution in [0.15, 0.2) is 24.3 Å². The largest absolute Gasteiger partial charge is 0.481 e. The summed E-state index contributed by atoms with van der Waals surface area (Å²) in [6.45, 7) is 3.48. The van der Waals surface area contributed by atoms with Gasteiger partial charge in [0.15, 0.2) is 11.9 Å². The average Bonchev–Trinajstić information content (AvgIpc) is 2.87. The van der Waals surface area contributed by atoms with E-state index in [2.05, 4.69) is 20.8 Å². The van der Waals surface area contributed by atoms with Gasteiger partial charge in [0, 0.05) is 12.1 Å². The number of nitrogens with one attached hydrogen (secondary N) is 1. The molecule has 2 aromatic rings. The molecule has 8 heteroatoms. The van der Waals surface area contributed by atoms with Gasteiger partial charge in [0.05, 0.1) is 6.04 Å². The topological polar surface area (TPSA) is 81.9 Å². The van der Waals surface area contributed by atoms with E-state index in [0.29, 0.717) is 16.6 Å². The number of carbonyl (C=O) groups excluding carboxylic acids is 1. The zero-order valence-corrected chi connectivity index (χ0v) is 12.7. The SMILES string of the molecule is C[C@H](Oc1ccc(Cl)cc1)C(=O)N[C@@H](C)c1nnnn1C. The van der Waals surface area contributed by atoms with Gasteiger partial charge in [-0.15, -0.1) is 5.10 Å². The van der Waals surface area contributed by atoms with Crippen LogP contribution in [0.25, 0.3) is 0 Å². The van der Waals surface area contributed by atoms with Crippen molar-refractivity contribution in [2.24, 2.45) is 7.05 Å². The first-order chi connectivity index (χ1) is 9.97. The molecule has 0 aliphatic heterocycles. The molecule has 0 saturated heterocycles. The molecule has 2 atom stereocenters. The van der Waals surface area contributed by atoms with E-state index < -0.39 is 6.10 Å². The molecule has 1 aromatic heterocycles. The van der Waals surface area contributed by atoms with Crippen LogP contribution in [-0.4, -0.2) is 32.2 Å². The first-order valence-electron chi connectivity index (χ1n) is 6.42. The zero-order chi connectivity index (χ0) is 15.4. The lowest BCUT2D eigenvalue weighted by Gasteiger charge is -2.17. The zero-order valence-electron chi connectivity index (χ0n) is 11.9. The molecule has 0 bridgehead atoms. The highest BCUT2D eigenvalue weighted by Crippen LogP contribution is 2.17. The van der Waals surface area contributed by atoms with E-state index in [1.807, 2.05) is 0 Å². The predicted octanol–water partition coefficient (Wildman–Crippen LogP) is 1.51. The van der Waals surface area contributed by atoms with Crippen molar-refractivity contribution in [2.45, 2.75) is 26.0 Å². The van der Waals surface area contributed by atoms with Crippen molar-refractivity contribution < 1.29 is 9.53 Å². The molecule has 0 saturated carbocycles. The fraction of sp³-hybridized carbons (Fsp3) is 0.385. The predicted molar refractivity (Wildman–Crippen MR) is 76.9 cm³/mol. The maximum atomic E-state index is 12.1. The van der Waals surface area contributed by atoms with Crippen molar-refractivity contribution in [1.82, 2.24) is 25.5 Å². The first-order valence-corrected chi connectivity index (χ1v) is 6.80. The number of carbonyl (C=O) groups is 1. The average molecular weight is 310 g/mol. The summed E-state index contributed by atoms with van der Waals surface area (Å²) in [6, 6.07) is 6.52. The Kier molecular flexibility index (Phi) is 4.74. The number of benzene rings is 1. The molecular formula is C13H16ClN5O2.